The molecule has 1 aliphatic rings. The first-order valence-corrected chi connectivity index (χ1v) is 15.5. The highest BCUT2D eigenvalue weighted by atomic mass is 16.3. The zero-order valence-electron chi connectivity index (χ0n) is 25.8. The van der Waals surface area contributed by atoms with Crippen molar-refractivity contribution in [1.29, 1.82) is 0 Å². The van der Waals surface area contributed by atoms with Gasteiger partial charge in [-0.1, -0.05) is 62.4 Å². The van der Waals surface area contributed by atoms with E-state index in [0.29, 0.717) is 23.9 Å². The summed E-state index contributed by atoms with van der Waals surface area (Å²) in [6, 6.07) is 6.30. The molecule has 0 spiro atoms. The van der Waals surface area contributed by atoms with E-state index >= 15 is 0 Å². The molecular formula is C32H46N8O4. The highest BCUT2D eigenvalue weighted by molar-refractivity contribution is 5.92. The predicted molar refractivity (Wildman–Crippen MR) is 166 cm³/mol. The van der Waals surface area contributed by atoms with Gasteiger partial charge in [0.05, 0.1) is 12.4 Å². The summed E-state index contributed by atoms with van der Waals surface area (Å²) in [7, 11) is 0. The largest absolute Gasteiger partial charge is 0.383 e. The maximum absolute atomic E-state index is 13.9. The van der Waals surface area contributed by atoms with E-state index in [9.17, 15) is 19.5 Å². The number of amides is 4. The van der Waals surface area contributed by atoms with Crippen LogP contribution in [0.1, 0.15) is 82.5 Å². The Morgan fingerprint density at radius 3 is 2.30 bits per heavy atom. The summed E-state index contributed by atoms with van der Waals surface area (Å²) in [6.07, 6.45) is 11.7. The van der Waals surface area contributed by atoms with E-state index in [1.165, 1.54) is 12.7 Å². The Morgan fingerprint density at radius 1 is 0.955 bits per heavy atom. The highest BCUT2D eigenvalue weighted by Gasteiger charge is 2.33. The van der Waals surface area contributed by atoms with Crippen molar-refractivity contribution in [3.05, 3.63) is 72.3 Å². The van der Waals surface area contributed by atoms with Gasteiger partial charge in [0, 0.05) is 42.7 Å². The summed E-state index contributed by atoms with van der Waals surface area (Å²) in [5, 5.41) is 22.8. The molecule has 12 nitrogen and oxygen atoms in total. The molecular weight excluding hydrogens is 560 g/mol. The molecule has 44 heavy (non-hydrogen) atoms. The number of carbonyl (C=O) groups excluding carboxylic acids is 3. The second-order valence-corrected chi connectivity index (χ2v) is 12.7. The molecule has 2 aromatic heterocycles. The number of aromatic nitrogens is 4. The number of rotatable bonds is 13. The van der Waals surface area contributed by atoms with Crippen molar-refractivity contribution in [2.75, 3.05) is 0 Å². The fraction of sp³-hybridized carbons (Fsp3) is 0.531. The van der Waals surface area contributed by atoms with Crippen molar-refractivity contribution < 1.29 is 19.5 Å². The van der Waals surface area contributed by atoms with Crippen molar-refractivity contribution >= 4 is 17.8 Å². The van der Waals surface area contributed by atoms with Crippen molar-refractivity contribution in [1.82, 2.24) is 41.2 Å². The van der Waals surface area contributed by atoms with Gasteiger partial charge in [0.25, 0.3) is 0 Å². The minimum absolute atomic E-state index is 0.136. The van der Waals surface area contributed by atoms with Crippen LogP contribution in [0.2, 0.25) is 0 Å². The van der Waals surface area contributed by atoms with E-state index in [4.69, 9.17) is 0 Å². The maximum Gasteiger partial charge on any atom is 0.315 e. The monoisotopic (exact) mass is 606 g/mol. The van der Waals surface area contributed by atoms with Crippen LogP contribution in [0.5, 0.6) is 0 Å². The van der Waals surface area contributed by atoms with E-state index in [0.717, 1.165) is 31.2 Å². The molecule has 1 aromatic carbocycles. The third-order valence-electron chi connectivity index (χ3n) is 7.83. The molecule has 4 amide bonds. The molecule has 4 rings (SSSR count). The number of carbonyl (C=O) groups is 3. The molecule has 1 fully saturated rings. The summed E-state index contributed by atoms with van der Waals surface area (Å²) in [5.74, 6) is -0.220. The van der Waals surface area contributed by atoms with Gasteiger partial charge in [-0.2, -0.15) is 0 Å². The Hall–Kier alpha value is -4.19. The second-order valence-electron chi connectivity index (χ2n) is 12.7. The average Bonchev–Trinajstić information content (AvgIpc) is 3.71. The van der Waals surface area contributed by atoms with Crippen LogP contribution in [-0.4, -0.2) is 66.6 Å². The van der Waals surface area contributed by atoms with Gasteiger partial charge in [-0.05, 0) is 38.7 Å². The molecule has 0 unspecified atom stereocenters. The van der Waals surface area contributed by atoms with Gasteiger partial charge in [0.2, 0.25) is 11.8 Å². The van der Waals surface area contributed by atoms with Crippen LogP contribution in [0.15, 0.2) is 55.2 Å². The maximum atomic E-state index is 13.9. The SMILES string of the molecule is CC(C)(C)NC(=O)N[C@@H](Cc1ccccc1)C(=O)N[C@@H](Cc1cnc[nH]1)C(=O)N[C@@H](CC1CCCCC1)[C@@H](O)c1ncc[nH]1. The number of hydrogen-bond acceptors (Lipinski definition) is 6. The topological polar surface area (TPSA) is 177 Å². The van der Waals surface area contributed by atoms with Crippen LogP contribution in [0, 0.1) is 5.92 Å². The zero-order chi connectivity index (χ0) is 31.5. The highest BCUT2D eigenvalue weighted by Crippen LogP contribution is 2.30. The number of aromatic amines is 2. The van der Waals surface area contributed by atoms with Gasteiger partial charge in [-0.25, -0.2) is 14.8 Å². The fourth-order valence-corrected chi connectivity index (χ4v) is 5.65. The summed E-state index contributed by atoms with van der Waals surface area (Å²) in [5.41, 5.74) is 0.995. The number of hydrogen-bond donors (Lipinski definition) is 7. The minimum Gasteiger partial charge on any atom is -0.383 e. The summed E-state index contributed by atoms with van der Waals surface area (Å²) < 4.78 is 0. The Morgan fingerprint density at radius 2 is 1.66 bits per heavy atom. The first-order chi connectivity index (χ1) is 21.1. The number of imidazole rings is 2. The molecule has 2 heterocycles. The van der Waals surface area contributed by atoms with E-state index in [2.05, 4.69) is 41.2 Å². The van der Waals surface area contributed by atoms with E-state index in [-0.39, 0.29) is 12.8 Å². The van der Waals surface area contributed by atoms with Crippen molar-refractivity contribution in [2.24, 2.45) is 5.92 Å². The molecule has 0 aliphatic heterocycles. The number of H-pyrrole nitrogens is 2. The predicted octanol–water partition coefficient (Wildman–Crippen LogP) is 3.06. The van der Waals surface area contributed by atoms with Gasteiger partial charge in [0.15, 0.2) is 0 Å². The van der Waals surface area contributed by atoms with Gasteiger partial charge in [0.1, 0.15) is 24.0 Å². The van der Waals surface area contributed by atoms with Crippen LogP contribution < -0.4 is 21.3 Å². The van der Waals surface area contributed by atoms with Crippen LogP contribution in [-0.2, 0) is 22.4 Å². The number of aliphatic hydroxyl groups excluding tert-OH is 1. The number of nitrogens with one attached hydrogen (secondary N) is 6. The molecule has 238 valence electrons. The van der Waals surface area contributed by atoms with E-state index in [1.807, 2.05) is 51.1 Å². The van der Waals surface area contributed by atoms with E-state index < -0.39 is 47.6 Å². The van der Waals surface area contributed by atoms with Crippen molar-refractivity contribution in [3.8, 4) is 0 Å². The quantitative estimate of drug-likeness (QED) is 0.157. The molecule has 1 aliphatic carbocycles. The molecule has 0 radical (unpaired) electrons. The molecule has 1 saturated carbocycles. The van der Waals surface area contributed by atoms with Gasteiger partial charge >= 0.3 is 6.03 Å². The van der Waals surface area contributed by atoms with Crippen LogP contribution >= 0.6 is 0 Å². The summed E-state index contributed by atoms with van der Waals surface area (Å²) in [6.45, 7) is 5.56. The third-order valence-corrected chi connectivity index (χ3v) is 7.83. The zero-order valence-corrected chi connectivity index (χ0v) is 25.8. The van der Waals surface area contributed by atoms with Gasteiger partial charge in [-0.15, -0.1) is 0 Å². The Bertz CT molecular complexity index is 1300. The number of benzene rings is 1. The lowest BCUT2D eigenvalue weighted by Crippen LogP contribution is -2.58. The molecule has 4 atom stereocenters. The average molecular weight is 607 g/mol. The molecule has 0 bridgehead atoms. The Kier molecular flexibility index (Phi) is 11.5. The summed E-state index contributed by atoms with van der Waals surface area (Å²) >= 11 is 0. The van der Waals surface area contributed by atoms with Crippen LogP contribution in [0.25, 0.3) is 0 Å². The second kappa shape index (κ2) is 15.5. The third kappa shape index (κ3) is 10.2. The van der Waals surface area contributed by atoms with Crippen molar-refractivity contribution in [2.45, 2.75) is 102 Å². The van der Waals surface area contributed by atoms with Gasteiger partial charge in [-0.3, -0.25) is 9.59 Å². The molecule has 3 aromatic rings. The Labute approximate surface area is 258 Å². The lowest BCUT2D eigenvalue weighted by molar-refractivity contribution is -0.131. The molecule has 0 saturated heterocycles. The fourth-order valence-electron chi connectivity index (χ4n) is 5.65. The number of urea groups is 1. The molecule has 12 heteroatoms. The smallest absolute Gasteiger partial charge is 0.315 e. The minimum atomic E-state index is -1.05. The first kappa shape index (κ1) is 32.7. The summed E-state index contributed by atoms with van der Waals surface area (Å²) in [4.78, 5) is 54.8. The normalized spacial score (nSPS) is 16.7. The van der Waals surface area contributed by atoms with Crippen LogP contribution in [0.3, 0.4) is 0 Å². The van der Waals surface area contributed by atoms with Crippen molar-refractivity contribution in [3.63, 3.8) is 0 Å². The lowest BCUT2D eigenvalue weighted by atomic mass is 9.83. The van der Waals surface area contributed by atoms with Crippen LogP contribution in [0.4, 0.5) is 4.79 Å². The Balaban J connectivity index is 1.54. The number of aliphatic hydroxyl groups is 1. The van der Waals surface area contributed by atoms with E-state index in [1.54, 1.807) is 18.6 Å². The standard InChI is InChI=1S/C32H46N8O4/c1-32(2,3)40-31(44)39-25(17-22-12-8-5-9-13-22)29(42)38-26(18-23-19-33-20-36-23)30(43)37-24(16-21-10-6-4-7-11-21)27(41)28-34-14-15-35-28/h5,8-9,12-15,19-21,24-27,41H,4,6-7,10-11,16-18H2,1-3H3,(H,33,36)(H,34,35)(H,37,43)(H,38,42)(H2,39,40,44)/t24-,25-,26-,27+/m0/s1. The van der Waals surface area contributed by atoms with Gasteiger partial charge < -0.3 is 36.3 Å². The number of nitrogens with zero attached hydrogens (tertiary/aromatic N) is 2. The first-order valence-electron chi connectivity index (χ1n) is 15.5. The lowest BCUT2D eigenvalue weighted by Gasteiger charge is -2.31. The molecule has 7 N–H and O–H groups in total.